The molecule has 0 saturated carbocycles. The number of allylic oxidation sites excluding steroid dienone is 1. The summed E-state index contributed by atoms with van der Waals surface area (Å²) in [6.45, 7) is 5.86. The lowest BCUT2D eigenvalue weighted by Crippen LogP contribution is -2.44. The van der Waals surface area contributed by atoms with E-state index in [4.69, 9.17) is 18.4 Å². The highest BCUT2D eigenvalue weighted by Crippen LogP contribution is 2.41. The molecule has 0 radical (unpaired) electrons. The van der Waals surface area contributed by atoms with Crippen molar-refractivity contribution in [2.24, 2.45) is 0 Å². The molecule has 3 aromatic carbocycles. The van der Waals surface area contributed by atoms with Crippen LogP contribution in [0, 0.1) is 0 Å². The van der Waals surface area contributed by atoms with Gasteiger partial charge < -0.3 is 14.2 Å². The quantitative estimate of drug-likeness (QED) is 0.0520. The van der Waals surface area contributed by atoms with Gasteiger partial charge in [-0.1, -0.05) is 161 Å². The van der Waals surface area contributed by atoms with Crippen molar-refractivity contribution in [2.45, 2.75) is 115 Å². The minimum atomic E-state index is -3.87. The number of hydrogen-bond donors (Lipinski definition) is 0. The van der Waals surface area contributed by atoms with Crippen molar-refractivity contribution in [3.05, 3.63) is 120 Å². The van der Waals surface area contributed by atoms with Crippen molar-refractivity contribution in [1.29, 1.82) is 0 Å². The van der Waals surface area contributed by atoms with Crippen molar-refractivity contribution < 1.29 is 26.8 Å². The van der Waals surface area contributed by atoms with Gasteiger partial charge in [-0.15, -0.1) is 0 Å². The third kappa shape index (κ3) is 11.1. The average Bonchev–Trinajstić information content (AvgIpc) is 3.38. The van der Waals surface area contributed by atoms with Gasteiger partial charge in [0.2, 0.25) is 0 Å². The van der Waals surface area contributed by atoms with E-state index in [-0.39, 0.29) is 6.61 Å². The third-order valence-corrected chi connectivity index (χ3v) is 9.23. The molecule has 6 nitrogen and oxygen atoms in total. The van der Waals surface area contributed by atoms with Crippen LogP contribution in [0.4, 0.5) is 0 Å². The van der Waals surface area contributed by atoms with Crippen molar-refractivity contribution in [1.82, 2.24) is 0 Å². The second-order valence-electron chi connectivity index (χ2n) is 13.0. The van der Waals surface area contributed by atoms with Crippen LogP contribution in [0.1, 0.15) is 102 Å². The molecular formula is C40H54O6S. The van der Waals surface area contributed by atoms with Crippen LogP contribution in [0.15, 0.2) is 103 Å². The highest BCUT2D eigenvalue weighted by Gasteiger charge is 2.47. The summed E-state index contributed by atoms with van der Waals surface area (Å²) in [6, 6.07) is 30.0. The Labute approximate surface area is 283 Å². The van der Waals surface area contributed by atoms with E-state index in [2.05, 4.69) is 13.0 Å². The summed E-state index contributed by atoms with van der Waals surface area (Å²) >= 11 is 0. The van der Waals surface area contributed by atoms with E-state index in [0.29, 0.717) is 0 Å². The first-order valence-corrected chi connectivity index (χ1v) is 19.2. The van der Waals surface area contributed by atoms with Crippen molar-refractivity contribution in [3.8, 4) is 0 Å². The second-order valence-corrected chi connectivity index (χ2v) is 14.6. The minimum Gasteiger partial charge on any atom is -0.358 e. The molecule has 1 heterocycles. The minimum absolute atomic E-state index is 0.0710. The lowest BCUT2D eigenvalue weighted by Gasteiger charge is -2.37. The number of hydrogen-bond acceptors (Lipinski definition) is 6. The highest BCUT2D eigenvalue weighted by atomic mass is 32.2. The van der Waals surface area contributed by atoms with Gasteiger partial charge in [-0.05, 0) is 43.4 Å². The van der Waals surface area contributed by atoms with Gasteiger partial charge in [0.25, 0.3) is 10.1 Å². The maximum Gasteiger partial charge on any atom is 0.264 e. The second kappa shape index (κ2) is 18.1. The Kier molecular flexibility index (Phi) is 14.2. The average molecular weight is 663 g/mol. The molecule has 4 rings (SSSR count). The van der Waals surface area contributed by atoms with Crippen LogP contribution in [0.25, 0.3) is 0 Å². The lowest BCUT2D eigenvalue weighted by atomic mass is 9.80. The smallest absolute Gasteiger partial charge is 0.264 e. The molecule has 256 valence electrons. The molecule has 0 unspecified atom stereocenters. The van der Waals surface area contributed by atoms with E-state index >= 15 is 0 Å². The van der Waals surface area contributed by atoms with Crippen LogP contribution < -0.4 is 0 Å². The molecule has 1 fully saturated rings. The van der Waals surface area contributed by atoms with Gasteiger partial charge in [0, 0.05) is 0 Å². The van der Waals surface area contributed by atoms with Gasteiger partial charge in [0.05, 0.1) is 12.9 Å². The molecule has 1 aliphatic rings. The van der Waals surface area contributed by atoms with Crippen molar-refractivity contribution >= 4 is 10.1 Å². The monoisotopic (exact) mass is 662 g/mol. The summed E-state index contributed by atoms with van der Waals surface area (Å²) in [5.74, 6) is -0.925. The zero-order valence-electron chi connectivity index (χ0n) is 28.7. The van der Waals surface area contributed by atoms with Gasteiger partial charge in [-0.25, -0.2) is 0 Å². The molecule has 0 bridgehead atoms. The predicted molar refractivity (Wildman–Crippen MR) is 190 cm³/mol. The van der Waals surface area contributed by atoms with Crippen LogP contribution in [0.3, 0.4) is 0 Å². The Morgan fingerprint density at radius 2 is 1.21 bits per heavy atom. The molecule has 0 spiro atoms. The first-order valence-electron chi connectivity index (χ1n) is 17.4. The molecule has 3 atom stereocenters. The SMILES string of the molecule is CCCCCCCCCCC/C=C\[C@H]1OC(C)(C)O[C@H]1[C@@H](COC(c1ccccc1)(c1ccccc1)c1ccccc1)OS(C)(=O)=O. The van der Waals surface area contributed by atoms with Gasteiger partial charge in [-0.2, -0.15) is 8.42 Å². The van der Waals surface area contributed by atoms with Gasteiger partial charge in [0.15, 0.2) is 5.79 Å². The summed E-state index contributed by atoms with van der Waals surface area (Å²) in [4.78, 5) is 0. The normalized spacial score (nSPS) is 18.9. The van der Waals surface area contributed by atoms with Crippen LogP contribution in [0.2, 0.25) is 0 Å². The predicted octanol–water partition coefficient (Wildman–Crippen LogP) is 9.34. The summed E-state index contributed by atoms with van der Waals surface area (Å²) in [6.07, 6.45) is 15.4. The highest BCUT2D eigenvalue weighted by molar-refractivity contribution is 7.86. The molecule has 0 aliphatic carbocycles. The van der Waals surface area contributed by atoms with Crippen molar-refractivity contribution in [3.63, 3.8) is 0 Å². The van der Waals surface area contributed by atoms with Gasteiger partial charge in [0.1, 0.15) is 23.9 Å². The standard InChI is InChI=1S/C40H54O6S/c1-5-6-7-8-9-10-11-12-13-14-24-31-36-38(45-39(2,3)44-36)37(46-47(4,41)42)32-43-40(33-25-18-15-19-26-33,34-27-20-16-21-28-34)35-29-22-17-23-30-35/h15-31,36-38H,5-14,32H2,1-4H3/b31-24-/t36-,37-,38-/m1/s1. The first-order chi connectivity index (χ1) is 22.6. The number of benzene rings is 3. The summed E-state index contributed by atoms with van der Waals surface area (Å²) in [5.41, 5.74) is 1.70. The van der Waals surface area contributed by atoms with E-state index in [1.54, 1.807) is 0 Å². The fraction of sp³-hybridized carbons (Fsp3) is 0.500. The molecule has 0 aromatic heterocycles. The van der Waals surface area contributed by atoms with E-state index in [0.717, 1.165) is 35.8 Å². The van der Waals surface area contributed by atoms with Gasteiger partial charge >= 0.3 is 0 Å². The lowest BCUT2D eigenvalue weighted by molar-refractivity contribution is -0.157. The molecule has 47 heavy (non-hydrogen) atoms. The van der Waals surface area contributed by atoms with Crippen LogP contribution >= 0.6 is 0 Å². The molecule has 0 N–H and O–H groups in total. The Hall–Kier alpha value is -2.81. The van der Waals surface area contributed by atoms with Crippen LogP contribution in [-0.4, -0.2) is 45.4 Å². The number of ether oxygens (including phenoxy) is 3. The maximum absolute atomic E-state index is 12.7. The summed E-state index contributed by atoms with van der Waals surface area (Å²) in [5, 5.41) is 0. The largest absolute Gasteiger partial charge is 0.358 e. The number of unbranched alkanes of at least 4 members (excludes halogenated alkanes) is 9. The van der Waals surface area contributed by atoms with E-state index in [1.165, 1.54) is 51.4 Å². The van der Waals surface area contributed by atoms with Crippen LogP contribution in [0.5, 0.6) is 0 Å². The Bertz CT molecular complexity index is 1340. The third-order valence-electron chi connectivity index (χ3n) is 8.63. The van der Waals surface area contributed by atoms with E-state index in [9.17, 15) is 8.42 Å². The van der Waals surface area contributed by atoms with E-state index < -0.39 is 39.8 Å². The molecule has 1 saturated heterocycles. The molecule has 1 aliphatic heterocycles. The molecular weight excluding hydrogens is 609 g/mol. The Morgan fingerprint density at radius 1 is 0.745 bits per heavy atom. The first kappa shape index (κ1) is 37.0. The number of rotatable bonds is 20. The Balaban J connectivity index is 1.55. The molecule has 3 aromatic rings. The van der Waals surface area contributed by atoms with Crippen molar-refractivity contribution in [2.75, 3.05) is 12.9 Å². The topological polar surface area (TPSA) is 71.1 Å². The van der Waals surface area contributed by atoms with Gasteiger partial charge in [-0.3, -0.25) is 4.18 Å². The fourth-order valence-corrected chi connectivity index (χ4v) is 7.05. The summed E-state index contributed by atoms with van der Waals surface area (Å²) < 4.78 is 50.7. The Morgan fingerprint density at radius 3 is 1.68 bits per heavy atom. The fourth-order valence-electron chi connectivity index (χ4n) is 6.43. The zero-order chi connectivity index (χ0) is 33.6. The molecule has 7 heteroatoms. The molecule has 0 amide bonds. The zero-order valence-corrected chi connectivity index (χ0v) is 29.5. The van der Waals surface area contributed by atoms with E-state index in [1.807, 2.05) is 111 Å². The summed E-state index contributed by atoms with van der Waals surface area (Å²) in [7, 11) is -3.87. The maximum atomic E-state index is 12.7. The van der Waals surface area contributed by atoms with Crippen LogP contribution in [-0.2, 0) is 34.1 Å².